The van der Waals surface area contributed by atoms with Crippen molar-refractivity contribution in [1.82, 2.24) is 10.3 Å². The Bertz CT molecular complexity index is 723. The number of carbonyl (C=O) groups is 1. The van der Waals surface area contributed by atoms with E-state index < -0.39 is 0 Å². The molecule has 0 aliphatic rings. The number of ether oxygens (including phenoxy) is 3. The molecule has 0 aliphatic heterocycles. The molecule has 1 amide bonds. The van der Waals surface area contributed by atoms with Crippen LogP contribution in [0.15, 0.2) is 30.5 Å². The zero-order valence-electron chi connectivity index (χ0n) is 14.3. The first-order valence-corrected chi connectivity index (χ1v) is 7.88. The summed E-state index contributed by atoms with van der Waals surface area (Å²) in [4.78, 5) is 16.2. The van der Waals surface area contributed by atoms with Gasteiger partial charge in [0, 0.05) is 32.0 Å². The molecule has 0 spiro atoms. The summed E-state index contributed by atoms with van der Waals surface area (Å²) in [6.07, 6.45) is 1.49. The molecule has 0 bridgehead atoms. The third kappa shape index (κ3) is 4.98. The van der Waals surface area contributed by atoms with Crippen molar-refractivity contribution in [3.05, 3.63) is 41.0 Å². The number of aromatic nitrogens is 1. The van der Waals surface area contributed by atoms with Crippen LogP contribution in [0.4, 0.5) is 11.5 Å². The van der Waals surface area contributed by atoms with Crippen molar-refractivity contribution >= 4 is 29.0 Å². The fourth-order valence-corrected chi connectivity index (χ4v) is 2.30. The second kappa shape index (κ2) is 9.10. The maximum atomic E-state index is 11.9. The summed E-state index contributed by atoms with van der Waals surface area (Å²) in [5, 5.41) is 6.30. The third-order valence-corrected chi connectivity index (χ3v) is 3.65. The smallest absolute Gasteiger partial charge is 0.252 e. The van der Waals surface area contributed by atoms with E-state index in [0.29, 0.717) is 46.7 Å². The Hall–Kier alpha value is -2.51. The highest BCUT2D eigenvalue weighted by atomic mass is 35.5. The van der Waals surface area contributed by atoms with E-state index in [-0.39, 0.29) is 5.91 Å². The van der Waals surface area contributed by atoms with E-state index in [4.69, 9.17) is 25.8 Å². The molecule has 0 saturated heterocycles. The summed E-state index contributed by atoms with van der Waals surface area (Å²) in [7, 11) is 4.66. The summed E-state index contributed by atoms with van der Waals surface area (Å²) in [5.41, 5.74) is 1.11. The molecule has 0 radical (unpaired) electrons. The number of hydrogen-bond donors (Lipinski definition) is 2. The third-order valence-electron chi connectivity index (χ3n) is 3.35. The number of pyridine rings is 1. The minimum absolute atomic E-state index is 0.207. The van der Waals surface area contributed by atoms with Gasteiger partial charge >= 0.3 is 0 Å². The average Bonchev–Trinajstić information content (AvgIpc) is 2.63. The van der Waals surface area contributed by atoms with Crippen LogP contribution in [0.2, 0.25) is 5.02 Å². The van der Waals surface area contributed by atoms with Gasteiger partial charge in [0.15, 0.2) is 0 Å². The Morgan fingerprint density at radius 2 is 1.92 bits per heavy atom. The molecule has 2 aromatic rings. The van der Waals surface area contributed by atoms with Gasteiger partial charge in [0.25, 0.3) is 5.91 Å². The number of rotatable bonds is 8. The van der Waals surface area contributed by atoms with Crippen molar-refractivity contribution in [2.75, 3.05) is 39.8 Å². The van der Waals surface area contributed by atoms with Crippen LogP contribution >= 0.6 is 11.6 Å². The molecule has 0 saturated carbocycles. The lowest BCUT2D eigenvalue weighted by molar-refractivity contribution is 0.0937. The van der Waals surface area contributed by atoms with E-state index in [0.717, 1.165) is 0 Å². The van der Waals surface area contributed by atoms with E-state index in [9.17, 15) is 4.79 Å². The molecule has 1 heterocycles. The van der Waals surface area contributed by atoms with E-state index in [1.165, 1.54) is 13.3 Å². The van der Waals surface area contributed by atoms with Gasteiger partial charge in [-0.25, -0.2) is 4.98 Å². The van der Waals surface area contributed by atoms with Crippen LogP contribution in [0.25, 0.3) is 0 Å². The Kier molecular flexibility index (Phi) is 6.85. The number of nitrogens with one attached hydrogen (secondary N) is 2. The van der Waals surface area contributed by atoms with Crippen LogP contribution in [0.1, 0.15) is 10.4 Å². The lowest BCUT2D eigenvalue weighted by atomic mass is 10.2. The van der Waals surface area contributed by atoms with Gasteiger partial charge in [-0.3, -0.25) is 4.79 Å². The summed E-state index contributed by atoms with van der Waals surface area (Å²) < 4.78 is 15.4. The fourth-order valence-electron chi connectivity index (χ4n) is 2.07. The number of amides is 1. The zero-order valence-corrected chi connectivity index (χ0v) is 15.0. The predicted octanol–water partition coefficient (Wildman–Crippen LogP) is 2.87. The fraction of sp³-hybridized carbons (Fsp3) is 0.294. The summed E-state index contributed by atoms with van der Waals surface area (Å²) in [6.45, 7) is 0.897. The SMILES string of the molecule is COCCNC(=O)c1ccc(Nc2cc(OC)c(Cl)cc2OC)nc1. The molecule has 1 aromatic carbocycles. The topological polar surface area (TPSA) is 81.7 Å². The first kappa shape index (κ1) is 18.8. The molecule has 1 aromatic heterocycles. The van der Waals surface area contributed by atoms with Crippen molar-refractivity contribution in [2.24, 2.45) is 0 Å². The van der Waals surface area contributed by atoms with E-state index in [2.05, 4.69) is 15.6 Å². The first-order valence-electron chi connectivity index (χ1n) is 7.50. The maximum absolute atomic E-state index is 11.9. The van der Waals surface area contributed by atoms with Gasteiger partial charge in [-0.1, -0.05) is 11.6 Å². The molecule has 2 rings (SSSR count). The van der Waals surface area contributed by atoms with Gasteiger partial charge in [0.05, 0.1) is 37.1 Å². The Morgan fingerprint density at radius 1 is 1.16 bits per heavy atom. The molecule has 0 aliphatic carbocycles. The molecule has 2 N–H and O–H groups in total. The Labute approximate surface area is 151 Å². The molecule has 8 heteroatoms. The van der Waals surface area contributed by atoms with Crippen LogP contribution in [0.5, 0.6) is 11.5 Å². The highest BCUT2D eigenvalue weighted by Crippen LogP contribution is 2.37. The van der Waals surface area contributed by atoms with Crippen molar-refractivity contribution in [1.29, 1.82) is 0 Å². The van der Waals surface area contributed by atoms with Crippen LogP contribution in [-0.2, 0) is 4.74 Å². The minimum atomic E-state index is -0.207. The Morgan fingerprint density at radius 3 is 2.52 bits per heavy atom. The van der Waals surface area contributed by atoms with E-state index in [1.54, 1.807) is 38.5 Å². The number of carbonyl (C=O) groups excluding carboxylic acids is 1. The van der Waals surface area contributed by atoms with Crippen molar-refractivity contribution < 1.29 is 19.0 Å². The standard InChI is InChI=1S/C17H20ClN3O4/c1-23-7-6-19-17(22)11-4-5-16(20-10-11)21-13-9-14(24-2)12(18)8-15(13)25-3/h4-5,8-10H,6-7H2,1-3H3,(H,19,22)(H,20,21). The molecular weight excluding hydrogens is 346 g/mol. The van der Waals surface area contributed by atoms with Gasteiger partial charge in [0.2, 0.25) is 0 Å². The number of benzene rings is 1. The van der Waals surface area contributed by atoms with Gasteiger partial charge in [-0.15, -0.1) is 0 Å². The Balaban J connectivity index is 2.12. The van der Waals surface area contributed by atoms with Crippen molar-refractivity contribution in [3.63, 3.8) is 0 Å². The number of anilines is 2. The molecule has 0 unspecified atom stereocenters. The molecule has 0 fully saturated rings. The van der Waals surface area contributed by atoms with Gasteiger partial charge in [-0.05, 0) is 12.1 Å². The lowest BCUT2D eigenvalue weighted by Gasteiger charge is -2.13. The maximum Gasteiger partial charge on any atom is 0.252 e. The normalized spacial score (nSPS) is 10.2. The second-order valence-electron chi connectivity index (χ2n) is 4.99. The zero-order chi connectivity index (χ0) is 18.2. The van der Waals surface area contributed by atoms with Gasteiger partial charge in [-0.2, -0.15) is 0 Å². The van der Waals surface area contributed by atoms with Crippen molar-refractivity contribution in [2.45, 2.75) is 0 Å². The number of hydrogen-bond acceptors (Lipinski definition) is 6. The minimum Gasteiger partial charge on any atom is -0.495 e. The summed E-state index contributed by atoms with van der Waals surface area (Å²) >= 11 is 6.09. The van der Waals surface area contributed by atoms with Crippen molar-refractivity contribution in [3.8, 4) is 11.5 Å². The number of methoxy groups -OCH3 is 3. The predicted molar refractivity (Wildman–Crippen MR) is 96.3 cm³/mol. The average molecular weight is 366 g/mol. The van der Waals surface area contributed by atoms with E-state index in [1.807, 2.05) is 0 Å². The van der Waals surface area contributed by atoms with Crippen LogP contribution in [0.3, 0.4) is 0 Å². The molecule has 25 heavy (non-hydrogen) atoms. The van der Waals surface area contributed by atoms with Crippen LogP contribution in [-0.4, -0.2) is 45.4 Å². The van der Waals surface area contributed by atoms with Gasteiger partial charge < -0.3 is 24.8 Å². The quantitative estimate of drug-likeness (QED) is 0.700. The highest BCUT2D eigenvalue weighted by molar-refractivity contribution is 6.32. The monoisotopic (exact) mass is 365 g/mol. The molecular formula is C17H20ClN3O4. The highest BCUT2D eigenvalue weighted by Gasteiger charge is 2.11. The number of nitrogens with zero attached hydrogens (tertiary/aromatic N) is 1. The van der Waals surface area contributed by atoms with Gasteiger partial charge in [0.1, 0.15) is 17.3 Å². The van der Waals surface area contributed by atoms with Crippen LogP contribution in [0, 0.1) is 0 Å². The molecule has 134 valence electrons. The lowest BCUT2D eigenvalue weighted by Crippen LogP contribution is -2.26. The molecule has 0 atom stereocenters. The summed E-state index contributed by atoms with van der Waals surface area (Å²) in [6, 6.07) is 6.75. The first-order chi connectivity index (χ1) is 12.1. The second-order valence-corrected chi connectivity index (χ2v) is 5.40. The van der Waals surface area contributed by atoms with E-state index >= 15 is 0 Å². The largest absolute Gasteiger partial charge is 0.495 e. The molecule has 7 nitrogen and oxygen atoms in total. The number of halogens is 1. The van der Waals surface area contributed by atoms with Crippen LogP contribution < -0.4 is 20.1 Å². The summed E-state index contributed by atoms with van der Waals surface area (Å²) in [5.74, 6) is 1.41.